The molecule has 0 radical (unpaired) electrons. The fourth-order valence-corrected chi connectivity index (χ4v) is 5.59. The van der Waals surface area contributed by atoms with Crippen molar-refractivity contribution in [3.8, 4) is 0 Å². The van der Waals surface area contributed by atoms with Crippen molar-refractivity contribution in [3.63, 3.8) is 0 Å². The average molecular weight is 485 g/mol. The van der Waals surface area contributed by atoms with Crippen molar-refractivity contribution in [1.82, 2.24) is 15.3 Å². The molecule has 6 nitrogen and oxygen atoms in total. The van der Waals surface area contributed by atoms with Crippen LogP contribution in [0.2, 0.25) is 5.02 Å². The molecule has 2 aromatic carbocycles. The van der Waals surface area contributed by atoms with Crippen LogP contribution in [-0.4, -0.2) is 41.5 Å². The number of benzene rings is 2. The van der Waals surface area contributed by atoms with Gasteiger partial charge >= 0.3 is 0 Å². The minimum Gasteiger partial charge on any atom is -0.392 e. The van der Waals surface area contributed by atoms with Gasteiger partial charge in [-0.25, -0.2) is 9.97 Å². The highest BCUT2D eigenvalue weighted by molar-refractivity contribution is 7.70. The van der Waals surface area contributed by atoms with E-state index in [1.165, 1.54) is 5.56 Å². The van der Waals surface area contributed by atoms with E-state index in [9.17, 15) is 9.67 Å². The zero-order chi connectivity index (χ0) is 23.4. The first-order chi connectivity index (χ1) is 15.8. The molecule has 8 heteroatoms. The molecule has 1 aliphatic rings. The predicted octanol–water partition coefficient (Wildman–Crippen LogP) is 4.67. The number of aliphatic hydroxyl groups is 1. The Morgan fingerprint density at radius 2 is 1.91 bits per heavy atom. The van der Waals surface area contributed by atoms with E-state index < -0.39 is 7.14 Å². The molecule has 174 valence electrons. The van der Waals surface area contributed by atoms with Gasteiger partial charge in [0.05, 0.1) is 18.5 Å². The van der Waals surface area contributed by atoms with Crippen LogP contribution in [0, 0.1) is 0 Å². The highest BCUT2D eigenvalue weighted by Crippen LogP contribution is 2.38. The summed E-state index contributed by atoms with van der Waals surface area (Å²) in [6.07, 6.45) is 4.29. The van der Waals surface area contributed by atoms with Gasteiger partial charge in [0, 0.05) is 11.7 Å². The van der Waals surface area contributed by atoms with Crippen molar-refractivity contribution in [2.24, 2.45) is 0 Å². The normalized spacial score (nSPS) is 14.9. The summed E-state index contributed by atoms with van der Waals surface area (Å²) in [6.45, 7) is 5.52. The van der Waals surface area contributed by atoms with Crippen LogP contribution in [0.25, 0.3) is 0 Å². The molecule has 1 aliphatic heterocycles. The SMILES string of the molecule is CP(C)(=O)c1ccccc1Nc1nc(Cc2ccc(C3CCNCC3)cc2CO)ncc1Cl. The monoisotopic (exact) mass is 484 g/mol. The summed E-state index contributed by atoms with van der Waals surface area (Å²) >= 11 is 6.38. The van der Waals surface area contributed by atoms with Crippen molar-refractivity contribution in [1.29, 1.82) is 0 Å². The van der Waals surface area contributed by atoms with Gasteiger partial charge < -0.3 is 20.3 Å². The lowest BCUT2D eigenvalue weighted by atomic mass is 9.88. The van der Waals surface area contributed by atoms with Gasteiger partial charge in [0.15, 0.2) is 5.82 Å². The second-order valence-corrected chi connectivity index (χ2v) is 12.5. The number of para-hydroxylation sites is 1. The number of hydrogen-bond acceptors (Lipinski definition) is 6. The molecule has 1 fully saturated rings. The van der Waals surface area contributed by atoms with Crippen molar-refractivity contribution < 1.29 is 9.67 Å². The maximum Gasteiger partial charge on any atom is 0.153 e. The largest absolute Gasteiger partial charge is 0.392 e. The summed E-state index contributed by atoms with van der Waals surface area (Å²) in [6, 6.07) is 13.8. The van der Waals surface area contributed by atoms with E-state index in [-0.39, 0.29) is 6.61 Å². The maximum absolute atomic E-state index is 12.7. The standard InChI is InChI=1S/C25H30ClN4O2P/c1-33(2,32)23-6-4-3-5-22(23)29-25-21(26)15-28-24(30-25)14-19-8-7-18(13-20(19)16-31)17-9-11-27-12-10-17/h3-8,13,15,17,27,31H,9-12,14,16H2,1-2H3,(H,28,29,30). The number of piperidine rings is 1. The molecule has 0 bridgehead atoms. The Hall–Kier alpha value is -2.24. The molecular formula is C25H30ClN4O2P. The smallest absolute Gasteiger partial charge is 0.153 e. The van der Waals surface area contributed by atoms with Gasteiger partial charge in [0.25, 0.3) is 0 Å². The van der Waals surface area contributed by atoms with Gasteiger partial charge in [-0.05, 0) is 74.0 Å². The zero-order valence-corrected chi connectivity index (χ0v) is 20.7. The number of aromatic nitrogens is 2. The van der Waals surface area contributed by atoms with Crippen LogP contribution in [0.1, 0.15) is 41.3 Å². The first-order valence-corrected chi connectivity index (χ1v) is 14.2. The molecule has 1 aromatic heterocycles. The molecule has 0 saturated carbocycles. The molecule has 0 amide bonds. The third-order valence-corrected chi connectivity index (χ3v) is 7.92. The van der Waals surface area contributed by atoms with E-state index in [0.717, 1.165) is 48.0 Å². The van der Waals surface area contributed by atoms with Gasteiger partial charge in [-0.1, -0.05) is 41.9 Å². The molecule has 33 heavy (non-hydrogen) atoms. The number of nitrogens with one attached hydrogen (secondary N) is 2. The summed E-state index contributed by atoms with van der Waals surface area (Å²) in [5, 5.41) is 17.8. The van der Waals surface area contributed by atoms with Crippen LogP contribution < -0.4 is 15.9 Å². The second-order valence-electron chi connectivity index (χ2n) is 8.86. The Balaban J connectivity index is 1.58. The second kappa shape index (κ2) is 10.4. The number of halogens is 1. The minimum atomic E-state index is -2.48. The van der Waals surface area contributed by atoms with Crippen molar-refractivity contribution in [2.45, 2.75) is 31.8 Å². The number of hydrogen-bond donors (Lipinski definition) is 3. The van der Waals surface area contributed by atoms with E-state index in [1.807, 2.05) is 24.3 Å². The van der Waals surface area contributed by atoms with Gasteiger partial charge in [-0.2, -0.15) is 0 Å². The van der Waals surface area contributed by atoms with E-state index in [0.29, 0.717) is 29.0 Å². The van der Waals surface area contributed by atoms with Crippen molar-refractivity contribution >= 4 is 35.6 Å². The molecule has 1 saturated heterocycles. The highest BCUT2D eigenvalue weighted by atomic mass is 35.5. The Morgan fingerprint density at radius 3 is 2.64 bits per heavy atom. The number of anilines is 2. The summed E-state index contributed by atoms with van der Waals surface area (Å²) in [7, 11) is -2.48. The maximum atomic E-state index is 12.7. The van der Waals surface area contributed by atoms with Gasteiger partial charge in [-0.15, -0.1) is 0 Å². The van der Waals surface area contributed by atoms with E-state index in [1.54, 1.807) is 19.5 Å². The molecule has 4 rings (SSSR count). The van der Waals surface area contributed by atoms with E-state index >= 15 is 0 Å². The Kier molecular flexibility index (Phi) is 7.50. The van der Waals surface area contributed by atoms with Crippen molar-refractivity contribution in [3.05, 3.63) is 76.2 Å². The third-order valence-electron chi connectivity index (χ3n) is 6.09. The number of rotatable bonds is 7. The lowest BCUT2D eigenvalue weighted by molar-refractivity contribution is 0.280. The summed E-state index contributed by atoms with van der Waals surface area (Å²) in [5.41, 5.74) is 3.90. The summed E-state index contributed by atoms with van der Waals surface area (Å²) in [4.78, 5) is 9.05. The van der Waals surface area contributed by atoms with Gasteiger partial charge in [0.1, 0.15) is 18.0 Å². The van der Waals surface area contributed by atoms with Crippen LogP contribution in [0.4, 0.5) is 11.5 Å². The molecule has 3 aromatic rings. The lowest BCUT2D eigenvalue weighted by Crippen LogP contribution is -2.26. The number of nitrogens with zero attached hydrogens (tertiary/aromatic N) is 2. The fourth-order valence-electron chi connectivity index (χ4n) is 4.30. The topological polar surface area (TPSA) is 87.1 Å². The van der Waals surface area contributed by atoms with Crippen LogP contribution in [0.3, 0.4) is 0 Å². The quantitative estimate of drug-likeness (QED) is 0.422. The van der Waals surface area contributed by atoms with Crippen LogP contribution in [0.15, 0.2) is 48.7 Å². The summed E-state index contributed by atoms with van der Waals surface area (Å²) < 4.78 is 12.7. The Labute approximate surface area is 200 Å². The van der Waals surface area contributed by atoms with E-state index in [2.05, 4.69) is 38.8 Å². The fraction of sp³-hybridized carbons (Fsp3) is 0.360. The van der Waals surface area contributed by atoms with Crippen LogP contribution in [0.5, 0.6) is 0 Å². The molecular weight excluding hydrogens is 455 g/mol. The molecule has 0 aliphatic carbocycles. The minimum absolute atomic E-state index is 0.0253. The average Bonchev–Trinajstić information content (AvgIpc) is 2.81. The van der Waals surface area contributed by atoms with E-state index in [4.69, 9.17) is 11.6 Å². The first-order valence-electron chi connectivity index (χ1n) is 11.2. The molecule has 3 N–H and O–H groups in total. The van der Waals surface area contributed by atoms with Crippen LogP contribution in [-0.2, 0) is 17.6 Å². The lowest BCUT2D eigenvalue weighted by Gasteiger charge is -2.24. The Morgan fingerprint density at radius 1 is 1.15 bits per heavy atom. The van der Waals surface area contributed by atoms with Crippen molar-refractivity contribution in [2.75, 3.05) is 31.7 Å². The Bertz CT molecular complexity index is 1170. The number of aliphatic hydroxyl groups excluding tert-OH is 1. The molecule has 0 unspecified atom stereocenters. The van der Waals surface area contributed by atoms with Gasteiger partial charge in [-0.3, -0.25) is 0 Å². The highest BCUT2D eigenvalue weighted by Gasteiger charge is 2.19. The third kappa shape index (κ3) is 5.82. The predicted molar refractivity (Wildman–Crippen MR) is 136 cm³/mol. The van der Waals surface area contributed by atoms with Gasteiger partial charge in [0.2, 0.25) is 0 Å². The first kappa shape index (κ1) is 23.9. The zero-order valence-electron chi connectivity index (χ0n) is 19.0. The molecule has 2 heterocycles. The van der Waals surface area contributed by atoms with Crippen LogP contribution >= 0.6 is 18.7 Å². The summed E-state index contributed by atoms with van der Waals surface area (Å²) in [5.74, 6) is 1.60. The molecule has 0 atom stereocenters. The molecule has 0 spiro atoms.